The molecule has 3 rings (SSSR count). The first-order chi connectivity index (χ1) is 12.2. The lowest BCUT2D eigenvalue weighted by Gasteiger charge is -2.34. The van der Waals surface area contributed by atoms with E-state index in [1.165, 1.54) is 0 Å². The fourth-order valence-corrected chi connectivity index (χ4v) is 3.17. The minimum atomic E-state index is 0.0329. The number of rotatable bonds is 5. The second-order valence-corrected chi connectivity index (χ2v) is 6.51. The zero-order chi connectivity index (χ0) is 17.6. The Morgan fingerprint density at radius 2 is 1.72 bits per heavy atom. The van der Waals surface area contributed by atoms with Crippen molar-refractivity contribution in [3.05, 3.63) is 64.7 Å². The van der Waals surface area contributed by atoms with E-state index in [9.17, 15) is 4.79 Å². The van der Waals surface area contributed by atoms with Gasteiger partial charge in [-0.15, -0.1) is 0 Å². The average molecular weight is 359 g/mol. The summed E-state index contributed by atoms with van der Waals surface area (Å²) in [5.74, 6) is 0.635. The Bertz CT molecular complexity index is 727. The van der Waals surface area contributed by atoms with Gasteiger partial charge in [0.05, 0.1) is 5.56 Å². The summed E-state index contributed by atoms with van der Waals surface area (Å²) in [7, 11) is 0. The van der Waals surface area contributed by atoms with E-state index in [1.807, 2.05) is 53.4 Å². The SMILES string of the molecule is CCN1CCN(C(=O)c2ccccc2OCc2ccccc2Cl)CC1. The molecule has 0 N–H and O–H groups in total. The quantitative estimate of drug-likeness (QED) is 0.817. The van der Waals surface area contributed by atoms with Gasteiger partial charge in [-0.3, -0.25) is 4.79 Å². The number of nitrogens with zero attached hydrogens (tertiary/aromatic N) is 2. The largest absolute Gasteiger partial charge is 0.488 e. The Morgan fingerprint density at radius 1 is 1.04 bits per heavy atom. The fourth-order valence-electron chi connectivity index (χ4n) is 2.98. The zero-order valence-corrected chi connectivity index (χ0v) is 15.2. The number of amides is 1. The average Bonchev–Trinajstić information content (AvgIpc) is 2.67. The molecule has 0 spiro atoms. The molecule has 132 valence electrons. The van der Waals surface area contributed by atoms with Crippen molar-refractivity contribution < 1.29 is 9.53 Å². The van der Waals surface area contributed by atoms with Crippen molar-refractivity contribution in [2.24, 2.45) is 0 Å². The third kappa shape index (κ3) is 4.33. The van der Waals surface area contributed by atoms with Crippen LogP contribution in [0, 0.1) is 0 Å². The predicted molar refractivity (Wildman–Crippen MR) is 100 cm³/mol. The number of para-hydroxylation sites is 1. The highest BCUT2D eigenvalue weighted by atomic mass is 35.5. The van der Waals surface area contributed by atoms with E-state index in [4.69, 9.17) is 16.3 Å². The highest BCUT2D eigenvalue weighted by Gasteiger charge is 2.23. The van der Waals surface area contributed by atoms with Crippen molar-refractivity contribution in [3.63, 3.8) is 0 Å². The number of ether oxygens (including phenoxy) is 1. The van der Waals surface area contributed by atoms with E-state index in [0.717, 1.165) is 38.3 Å². The molecule has 2 aromatic carbocycles. The van der Waals surface area contributed by atoms with Gasteiger partial charge in [0, 0.05) is 36.8 Å². The lowest BCUT2D eigenvalue weighted by molar-refractivity contribution is 0.0639. The van der Waals surface area contributed by atoms with Crippen molar-refractivity contribution in [2.75, 3.05) is 32.7 Å². The maximum Gasteiger partial charge on any atom is 0.257 e. The third-order valence-electron chi connectivity index (χ3n) is 4.57. The van der Waals surface area contributed by atoms with Gasteiger partial charge < -0.3 is 14.5 Å². The first kappa shape index (κ1) is 17.8. The van der Waals surface area contributed by atoms with Gasteiger partial charge in [-0.05, 0) is 24.7 Å². The van der Waals surface area contributed by atoms with Gasteiger partial charge in [-0.2, -0.15) is 0 Å². The number of carbonyl (C=O) groups excluding carboxylic acids is 1. The standard InChI is InChI=1S/C20H23ClN2O2/c1-2-22-11-13-23(14-12-22)20(24)17-8-4-6-10-19(17)25-15-16-7-3-5-9-18(16)21/h3-10H,2,11-15H2,1H3. The van der Waals surface area contributed by atoms with Crippen LogP contribution in [0.15, 0.2) is 48.5 Å². The van der Waals surface area contributed by atoms with Crippen LogP contribution in [0.5, 0.6) is 5.75 Å². The smallest absolute Gasteiger partial charge is 0.257 e. The van der Waals surface area contributed by atoms with E-state index in [-0.39, 0.29) is 5.91 Å². The molecule has 0 aliphatic carbocycles. The van der Waals surface area contributed by atoms with Crippen LogP contribution in [-0.2, 0) is 6.61 Å². The molecule has 1 aliphatic rings. The van der Waals surface area contributed by atoms with Crippen molar-refractivity contribution in [2.45, 2.75) is 13.5 Å². The highest BCUT2D eigenvalue weighted by Crippen LogP contribution is 2.23. The van der Waals surface area contributed by atoms with Crippen molar-refractivity contribution in [1.82, 2.24) is 9.80 Å². The minimum absolute atomic E-state index is 0.0329. The molecule has 1 heterocycles. The first-order valence-electron chi connectivity index (χ1n) is 8.66. The fraction of sp³-hybridized carbons (Fsp3) is 0.350. The number of piperazine rings is 1. The molecule has 5 heteroatoms. The normalized spacial score (nSPS) is 15.2. The number of hydrogen-bond donors (Lipinski definition) is 0. The Morgan fingerprint density at radius 3 is 2.44 bits per heavy atom. The number of likely N-dealkylation sites (N-methyl/N-ethyl adjacent to an activating group) is 1. The summed E-state index contributed by atoms with van der Waals surface area (Å²) in [6, 6.07) is 15.0. The van der Waals surface area contributed by atoms with Crippen molar-refractivity contribution in [1.29, 1.82) is 0 Å². The molecule has 1 amide bonds. The summed E-state index contributed by atoms with van der Waals surface area (Å²) >= 11 is 6.18. The molecule has 0 radical (unpaired) electrons. The van der Waals surface area contributed by atoms with E-state index in [0.29, 0.717) is 22.9 Å². The number of benzene rings is 2. The van der Waals surface area contributed by atoms with Gasteiger partial charge in [0.1, 0.15) is 12.4 Å². The van der Waals surface area contributed by atoms with E-state index in [2.05, 4.69) is 11.8 Å². The minimum Gasteiger partial charge on any atom is -0.488 e. The number of halogens is 1. The molecule has 0 aromatic heterocycles. The van der Waals surface area contributed by atoms with Gasteiger partial charge in [0.15, 0.2) is 0 Å². The highest BCUT2D eigenvalue weighted by molar-refractivity contribution is 6.31. The molecule has 1 saturated heterocycles. The maximum atomic E-state index is 12.9. The van der Waals surface area contributed by atoms with Crippen LogP contribution in [-0.4, -0.2) is 48.4 Å². The molecular weight excluding hydrogens is 336 g/mol. The molecule has 25 heavy (non-hydrogen) atoms. The van der Waals surface area contributed by atoms with Crippen LogP contribution < -0.4 is 4.74 Å². The molecular formula is C20H23ClN2O2. The Hall–Kier alpha value is -2.04. The molecule has 1 aliphatic heterocycles. The summed E-state index contributed by atoms with van der Waals surface area (Å²) in [6.45, 7) is 6.87. The zero-order valence-electron chi connectivity index (χ0n) is 14.5. The number of carbonyl (C=O) groups is 1. The summed E-state index contributed by atoms with van der Waals surface area (Å²) in [5, 5.41) is 0.669. The summed E-state index contributed by atoms with van der Waals surface area (Å²) < 4.78 is 5.92. The first-order valence-corrected chi connectivity index (χ1v) is 9.03. The Kier molecular flexibility index (Phi) is 5.95. The van der Waals surface area contributed by atoms with Crippen molar-refractivity contribution in [3.8, 4) is 5.75 Å². The Labute approximate surface area is 154 Å². The molecule has 2 aromatic rings. The molecule has 0 saturated carbocycles. The van der Waals surface area contributed by atoms with Gasteiger partial charge in [-0.25, -0.2) is 0 Å². The van der Waals surface area contributed by atoms with Gasteiger partial charge in [0.25, 0.3) is 5.91 Å². The topological polar surface area (TPSA) is 32.8 Å². The van der Waals surface area contributed by atoms with E-state index in [1.54, 1.807) is 0 Å². The predicted octanol–water partition coefficient (Wildman–Crippen LogP) is 3.70. The lowest BCUT2D eigenvalue weighted by atomic mass is 10.1. The molecule has 4 nitrogen and oxygen atoms in total. The third-order valence-corrected chi connectivity index (χ3v) is 4.93. The van der Waals surface area contributed by atoms with E-state index < -0.39 is 0 Å². The molecule has 1 fully saturated rings. The second kappa shape index (κ2) is 8.37. The van der Waals surface area contributed by atoms with Crippen LogP contribution >= 0.6 is 11.6 Å². The monoisotopic (exact) mass is 358 g/mol. The molecule has 0 atom stereocenters. The Balaban J connectivity index is 1.70. The van der Waals surface area contributed by atoms with Crippen LogP contribution in [0.25, 0.3) is 0 Å². The van der Waals surface area contributed by atoms with Crippen LogP contribution in [0.4, 0.5) is 0 Å². The molecule has 0 unspecified atom stereocenters. The summed E-state index contributed by atoms with van der Waals surface area (Å²) in [6.07, 6.45) is 0. The van der Waals surface area contributed by atoms with Crippen LogP contribution in [0.2, 0.25) is 5.02 Å². The van der Waals surface area contributed by atoms with Crippen LogP contribution in [0.3, 0.4) is 0 Å². The summed E-state index contributed by atoms with van der Waals surface area (Å²) in [4.78, 5) is 17.2. The lowest BCUT2D eigenvalue weighted by Crippen LogP contribution is -2.48. The maximum absolute atomic E-state index is 12.9. The van der Waals surface area contributed by atoms with Gasteiger partial charge in [0.2, 0.25) is 0 Å². The summed E-state index contributed by atoms with van der Waals surface area (Å²) in [5.41, 5.74) is 1.52. The van der Waals surface area contributed by atoms with Crippen LogP contribution in [0.1, 0.15) is 22.8 Å². The second-order valence-electron chi connectivity index (χ2n) is 6.10. The van der Waals surface area contributed by atoms with E-state index >= 15 is 0 Å². The molecule has 0 bridgehead atoms. The van der Waals surface area contributed by atoms with Gasteiger partial charge in [-0.1, -0.05) is 48.9 Å². The number of hydrogen-bond acceptors (Lipinski definition) is 3. The van der Waals surface area contributed by atoms with Crippen molar-refractivity contribution >= 4 is 17.5 Å². The van der Waals surface area contributed by atoms with Gasteiger partial charge >= 0.3 is 0 Å².